The van der Waals surface area contributed by atoms with E-state index in [1.165, 1.54) is 42.7 Å². The number of alkyl carbamates (subject to hydrolysis) is 1. The molecule has 5 aromatic carbocycles. The van der Waals surface area contributed by atoms with E-state index < -0.39 is 66.7 Å². The average molecular weight is 947 g/mol. The van der Waals surface area contributed by atoms with E-state index in [-0.39, 0.29) is 53.0 Å². The number of para-hydroxylation sites is 2. The molecule has 21 nitrogen and oxygen atoms in total. The lowest BCUT2D eigenvalue weighted by atomic mass is 9.80. The number of anilines is 1. The number of carbonyl (C=O) groups excluding carboxylic acids is 1. The van der Waals surface area contributed by atoms with Crippen molar-refractivity contribution in [2.45, 2.75) is 48.9 Å². The number of benzene rings is 5. The third-order valence-electron chi connectivity index (χ3n) is 11.8. The second-order valence-electron chi connectivity index (χ2n) is 15.6. The van der Waals surface area contributed by atoms with Gasteiger partial charge in [0.2, 0.25) is 11.7 Å². The highest BCUT2D eigenvalue weighted by Gasteiger charge is 2.66. The van der Waals surface area contributed by atoms with Crippen molar-refractivity contribution in [2.75, 3.05) is 26.1 Å². The number of carbonyl (C=O) groups is 1. The number of amides is 1. The van der Waals surface area contributed by atoms with Crippen LogP contribution in [0.4, 0.5) is 22.0 Å². The van der Waals surface area contributed by atoms with Crippen LogP contribution in [0.15, 0.2) is 139 Å². The summed E-state index contributed by atoms with van der Waals surface area (Å²) >= 11 is 0. The minimum atomic E-state index is -3.14. The highest BCUT2D eigenvalue weighted by Crippen LogP contribution is 2.62. The van der Waals surface area contributed by atoms with E-state index in [9.17, 15) is 34.5 Å². The van der Waals surface area contributed by atoms with E-state index in [0.717, 1.165) is 16.7 Å². The Balaban J connectivity index is 1.05. The predicted molar refractivity (Wildman–Crippen MR) is 240 cm³/mol. The van der Waals surface area contributed by atoms with Crippen LogP contribution in [-0.2, 0) is 46.0 Å². The molecule has 1 spiro atoms. The molecule has 348 valence electrons. The summed E-state index contributed by atoms with van der Waals surface area (Å²) in [7, 11) is -0.00312. The number of guanidine groups is 1. The number of fused-ring (bicyclic) bond motifs is 2. The van der Waals surface area contributed by atoms with Gasteiger partial charge < -0.3 is 33.7 Å². The van der Waals surface area contributed by atoms with Gasteiger partial charge in [0.1, 0.15) is 59.8 Å². The molecule has 9 rings (SSSR count). The summed E-state index contributed by atoms with van der Waals surface area (Å²) in [5.41, 5.74) is -0.762. The number of hydrogen-bond acceptors (Lipinski definition) is 16. The zero-order valence-corrected chi connectivity index (χ0v) is 37.0. The fourth-order valence-electron chi connectivity index (χ4n) is 8.56. The van der Waals surface area contributed by atoms with Crippen LogP contribution in [0.25, 0.3) is 0 Å². The molecular weight excluding hydrogens is 906 g/mol. The fraction of sp³-hybridized carbons (Fsp3) is 0.239. The summed E-state index contributed by atoms with van der Waals surface area (Å²) in [5, 5.41) is 29.3. The normalized spacial score (nSPS) is 20.6. The first-order valence-electron chi connectivity index (χ1n) is 20.9. The van der Waals surface area contributed by atoms with E-state index in [1.54, 1.807) is 30.9 Å². The number of aromatic nitrogens is 2. The highest BCUT2D eigenvalue weighted by molar-refractivity contribution is 7.32. The third-order valence-corrected chi connectivity index (χ3v) is 12.2. The molecule has 22 heteroatoms. The number of nitro groups is 2. The van der Waals surface area contributed by atoms with Crippen LogP contribution in [0.3, 0.4) is 0 Å². The van der Waals surface area contributed by atoms with Crippen molar-refractivity contribution in [1.82, 2.24) is 14.9 Å². The van der Waals surface area contributed by atoms with Gasteiger partial charge in [-0.3, -0.25) is 30.1 Å². The molecule has 0 radical (unpaired) electrons. The number of nitrogens with one attached hydrogen (secondary N) is 2. The molecule has 0 aliphatic carbocycles. The summed E-state index contributed by atoms with van der Waals surface area (Å²) in [6, 6.07) is 36.1. The van der Waals surface area contributed by atoms with Gasteiger partial charge in [-0.1, -0.05) is 78.9 Å². The molecule has 1 aromatic heterocycles. The molecule has 1 amide bonds. The third kappa shape index (κ3) is 8.72. The first kappa shape index (κ1) is 45.5. The topological polar surface area (TPSA) is 263 Å². The van der Waals surface area contributed by atoms with Gasteiger partial charge in [0.15, 0.2) is 0 Å². The second-order valence-corrected chi connectivity index (χ2v) is 16.3. The van der Waals surface area contributed by atoms with Gasteiger partial charge in [0, 0.05) is 23.1 Å². The highest BCUT2D eigenvalue weighted by atomic mass is 31.1. The van der Waals surface area contributed by atoms with Crippen LogP contribution in [0.2, 0.25) is 0 Å². The summed E-state index contributed by atoms with van der Waals surface area (Å²) in [6.07, 6.45) is -3.67. The van der Waals surface area contributed by atoms with Crippen LogP contribution in [0.5, 0.6) is 11.5 Å². The van der Waals surface area contributed by atoms with E-state index in [1.807, 2.05) is 78.9 Å². The largest absolute Gasteiger partial charge is 0.695 e. The Morgan fingerprint density at radius 3 is 2.12 bits per heavy atom. The molecule has 3 unspecified atom stereocenters. The molecule has 68 heavy (non-hydrogen) atoms. The molecule has 6 atom stereocenters. The smallest absolute Gasteiger partial charge is 0.497 e. The van der Waals surface area contributed by atoms with E-state index in [4.69, 9.17) is 32.9 Å². The maximum Gasteiger partial charge on any atom is 0.695 e. The van der Waals surface area contributed by atoms with E-state index in [2.05, 4.69) is 20.6 Å². The quantitative estimate of drug-likeness (QED) is 0.0276. The molecule has 4 heterocycles. The Morgan fingerprint density at radius 1 is 0.882 bits per heavy atom. The Labute approximate surface area is 387 Å². The fourth-order valence-corrected chi connectivity index (χ4v) is 9.01. The van der Waals surface area contributed by atoms with Gasteiger partial charge in [0.25, 0.3) is 11.4 Å². The van der Waals surface area contributed by atoms with Crippen LogP contribution < -0.4 is 20.1 Å². The molecule has 6 aromatic rings. The van der Waals surface area contributed by atoms with Crippen LogP contribution in [-0.4, -0.2) is 69.4 Å². The summed E-state index contributed by atoms with van der Waals surface area (Å²) in [5.74, 6) is 1.21. The van der Waals surface area contributed by atoms with E-state index in [0.29, 0.717) is 11.5 Å². The number of imidazole rings is 1. The van der Waals surface area contributed by atoms with Gasteiger partial charge in [-0.05, 0) is 53.1 Å². The van der Waals surface area contributed by atoms with Crippen molar-refractivity contribution in [3.63, 3.8) is 0 Å². The first-order chi connectivity index (χ1) is 32.9. The maximum atomic E-state index is 13.3. The average Bonchev–Trinajstić information content (AvgIpc) is 3.64. The number of nitro benzene ring substituents is 2. The van der Waals surface area contributed by atoms with Crippen LogP contribution >= 0.6 is 8.25 Å². The molecule has 2 fully saturated rings. The zero-order valence-electron chi connectivity index (χ0n) is 36.1. The van der Waals surface area contributed by atoms with Crippen molar-refractivity contribution >= 4 is 37.5 Å². The molecule has 2 saturated heterocycles. The lowest BCUT2D eigenvalue weighted by Gasteiger charge is -2.37. The number of methoxy groups -OCH3 is 2. The number of hydrogen-bond donors (Lipinski definition) is 3. The number of nitrogens with zero attached hydrogens (tertiary/aromatic N) is 5. The first-order valence-corrected chi connectivity index (χ1v) is 22.1. The van der Waals surface area contributed by atoms with Gasteiger partial charge in [-0.2, -0.15) is 0 Å². The molecule has 3 N–H and O–H groups in total. The van der Waals surface area contributed by atoms with Gasteiger partial charge in [-0.25, -0.2) is 14.8 Å². The molecule has 0 saturated carbocycles. The van der Waals surface area contributed by atoms with Crippen molar-refractivity contribution in [1.29, 1.82) is 0 Å². The number of ether oxygens (including phenoxy) is 6. The lowest BCUT2D eigenvalue weighted by molar-refractivity contribution is -0.385. The predicted octanol–water partition coefficient (Wildman–Crippen LogP) is 7.68. The second kappa shape index (κ2) is 18.9. The number of epoxide rings is 1. The van der Waals surface area contributed by atoms with Crippen molar-refractivity contribution < 1.29 is 57.0 Å². The van der Waals surface area contributed by atoms with Crippen LogP contribution in [0.1, 0.15) is 52.3 Å². The Hall–Kier alpha value is -7.65. The molecule has 0 bridgehead atoms. The molecular formula is C46H41N7O14P+. The summed E-state index contributed by atoms with van der Waals surface area (Å²) < 4.78 is 55.8. The SMILES string of the molecule is COc1ccc(C(OC[C@H]2O[C@@H](n3cnc4c3NC(NC(=O)OCc3ccccc3[N+](=O)[O-])=NC43OC3c3ccccc3[N+](=O)[O-])C[C@@H]2O[P+](=O)O)(c2ccccc2)c2ccc(OC)cc2)cc1. The summed E-state index contributed by atoms with van der Waals surface area (Å²) in [6.45, 7) is -0.648. The standard InChI is InChI=1S/C46H40N7O14P/c1-61-32-20-16-30(17-21-32)45(29-11-4-3-5-12-29,31-18-22-33(62-2)23-19-31)64-26-38-37(67-68(59)60)24-39(65-38)51-27-47-40-42(51)48-43(49-44(54)63-25-28-10-6-8-14-35(28)52(55)56)50-46(40)41(66-46)34-13-7-9-15-36(34)53(57)58/h3-23,27,37-39,41H,24-26H2,1-2H3,(H2-,48,49,50,54,59,60)/p+1/t37-,38+,39+,41?,46?/m0/s1. The van der Waals surface area contributed by atoms with Crippen LogP contribution in [0, 0.1) is 20.2 Å². The Kier molecular flexibility index (Phi) is 12.7. The zero-order chi connectivity index (χ0) is 47.6. The van der Waals surface area contributed by atoms with Crippen molar-refractivity contribution in [2.24, 2.45) is 4.99 Å². The lowest BCUT2D eigenvalue weighted by Crippen LogP contribution is -2.41. The Morgan fingerprint density at radius 2 is 1.49 bits per heavy atom. The number of aliphatic imine (C=N–C) groups is 1. The Bertz CT molecular complexity index is 2850. The summed E-state index contributed by atoms with van der Waals surface area (Å²) in [4.78, 5) is 55.3. The minimum Gasteiger partial charge on any atom is -0.497 e. The monoisotopic (exact) mass is 946 g/mol. The van der Waals surface area contributed by atoms with Gasteiger partial charge in [0.05, 0.1) is 48.1 Å². The van der Waals surface area contributed by atoms with Crippen molar-refractivity contribution in [3.8, 4) is 11.5 Å². The maximum absolute atomic E-state index is 13.3. The van der Waals surface area contributed by atoms with Crippen molar-refractivity contribution in [3.05, 3.63) is 187 Å². The number of rotatable bonds is 16. The minimum absolute atomic E-state index is 0.0111. The molecule has 3 aliphatic rings. The van der Waals surface area contributed by atoms with E-state index >= 15 is 0 Å². The molecule has 3 aliphatic heterocycles. The van der Waals surface area contributed by atoms with Gasteiger partial charge >= 0.3 is 14.3 Å². The van der Waals surface area contributed by atoms with Gasteiger partial charge in [-0.15, -0.1) is 9.42 Å².